The van der Waals surface area contributed by atoms with Crippen LogP contribution in [0.15, 0.2) is 35.9 Å². The summed E-state index contributed by atoms with van der Waals surface area (Å²) in [6, 6.07) is 4.47. The second kappa shape index (κ2) is 8.24. The highest BCUT2D eigenvalue weighted by Gasteiger charge is 2.34. The molecule has 3 rings (SSSR count). The normalized spacial score (nSPS) is 13.3. The van der Waals surface area contributed by atoms with Crippen LogP contribution < -0.4 is 4.74 Å². The van der Waals surface area contributed by atoms with Crippen LogP contribution in [-0.2, 0) is 12.8 Å². The van der Waals surface area contributed by atoms with Crippen LogP contribution >= 0.6 is 0 Å². The molecule has 0 aromatic heterocycles. The summed E-state index contributed by atoms with van der Waals surface area (Å²) in [4.78, 5) is 0. The van der Waals surface area contributed by atoms with Crippen molar-refractivity contribution in [1.29, 1.82) is 0 Å². The summed E-state index contributed by atoms with van der Waals surface area (Å²) in [5, 5.41) is 0. The van der Waals surface area contributed by atoms with E-state index >= 15 is 0 Å². The van der Waals surface area contributed by atoms with Gasteiger partial charge in [-0.25, -0.2) is 13.2 Å². The predicted octanol–water partition coefficient (Wildman–Crippen LogP) is 6.23. The fourth-order valence-electron chi connectivity index (χ4n) is 3.20. The van der Waals surface area contributed by atoms with Crippen LogP contribution in [0.2, 0.25) is 0 Å². The molecule has 0 amide bonds. The van der Waals surface area contributed by atoms with E-state index in [-0.39, 0.29) is 11.1 Å². The lowest BCUT2D eigenvalue weighted by Gasteiger charge is -2.18. The molecule has 0 saturated heterocycles. The second-order valence-corrected chi connectivity index (χ2v) is 6.62. The Morgan fingerprint density at radius 2 is 1.72 bits per heavy atom. The Morgan fingerprint density at radius 1 is 1.03 bits per heavy atom. The van der Waals surface area contributed by atoms with Gasteiger partial charge in [0.05, 0.1) is 5.56 Å². The smallest absolute Gasteiger partial charge is 0.399 e. The Balaban J connectivity index is 1.87. The number of hydrogen-bond acceptors (Lipinski definition) is 1. The van der Waals surface area contributed by atoms with Crippen LogP contribution in [0.4, 0.5) is 26.3 Å². The van der Waals surface area contributed by atoms with Crippen molar-refractivity contribution in [3.8, 4) is 17.6 Å². The van der Waals surface area contributed by atoms with Crippen LogP contribution in [0.25, 0.3) is 0 Å². The van der Waals surface area contributed by atoms with E-state index < -0.39 is 29.6 Å². The first-order valence-corrected chi connectivity index (χ1v) is 8.93. The average Bonchev–Trinajstić information content (AvgIpc) is 2.64. The highest BCUT2D eigenvalue weighted by molar-refractivity contribution is 5.50. The Morgan fingerprint density at radius 3 is 2.34 bits per heavy atom. The zero-order chi connectivity index (χ0) is 21.2. The summed E-state index contributed by atoms with van der Waals surface area (Å²) in [6.07, 6.45) is -0.159. The Hall–Kier alpha value is -2.88. The van der Waals surface area contributed by atoms with Crippen LogP contribution in [0, 0.1) is 29.3 Å². The monoisotopic (exact) mass is 410 g/mol. The van der Waals surface area contributed by atoms with Gasteiger partial charge in [0.25, 0.3) is 0 Å². The molecule has 0 heterocycles. The maximum Gasteiger partial charge on any atom is 0.573 e. The molecule has 152 valence electrons. The van der Waals surface area contributed by atoms with Crippen molar-refractivity contribution in [1.82, 2.24) is 0 Å². The number of ether oxygens (including phenoxy) is 1. The minimum absolute atomic E-state index is 0.0486. The zero-order valence-electron chi connectivity index (χ0n) is 15.4. The third-order valence-corrected chi connectivity index (χ3v) is 4.48. The molecule has 1 aliphatic rings. The fourth-order valence-corrected chi connectivity index (χ4v) is 3.20. The minimum atomic E-state index is -5.23. The molecule has 0 unspecified atom stereocenters. The van der Waals surface area contributed by atoms with Gasteiger partial charge in [-0.1, -0.05) is 42.9 Å². The van der Waals surface area contributed by atoms with Crippen molar-refractivity contribution < 1.29 is 31.1 Å². The molecule has 1 aliphatic carbocycles. The molecule has 0 atom stereocenters. The largest absolute Gasteiger partial charge is 0.573 e. The SMILES string of the molecule is CCCC1=CCc2c(ccc(C#Cc3cc(F)c(OC(F)(F)F)c(F)c3)c2F)C1. The Bertz CT molecular complexity index is 1000. The number of benzene rings is 2. The van der Waals surface area contributed by atoms with Crippen LogP contribution in [0.3, 0.4) is 0 Å². The molecule has 0 saturated carbocycles. The summed E-state index contributed by atoms with van der Waals surface area (Å²) in [6.45, 7) is 2.07. The first-order valence-electron chi connectivity index (χ1n) is 8.93. The molecule has 2 aromatic carbocycles. The van der Waals surface area contributed by atoms with Crippen molar-refractivity contribution in [2.45, 2.75) is 39.0 Å². The molecular formula is C22H16F6O. The molecule has 0 N–H and O–H groups in total. The van der Waals surface area contributed by atoms with Gasteiger partial charge in [0.15, 0.2) is 11.6 Å². The van der Waals surface area contributed by atoms with Crippen molar-refractivity contribution in [3.05, 3.63) is 75.6 Å². The lowest BCUT2D eigenvalue weighted by Crippen LogP contribution is -2.19. The summed E-state index contributed by atoms with van der Waals surface area (Å²) in [5.41, 5.74) is 2.47. The maximum absolute atomic E-state index is 14.8. The molecule has 0 bridgehead atoms. The van der Waals surface area contributed by atoms with Crippen molar-refractivity contribution >= 4 is 0 Å². The van der Waals surface area contributed by atoms with E-state index in [9.17, 15) is 26.3 Å². The van der Waals surface area contributed by atoms with E-state index in [1.807, 2.05) is 6.08 Å². The van der Waals surface area contributed by atoms with E-state index in [0.29, 0.717) is 30.5 Å². The van der Waals surface area contributed by atoms with E-state index in [1.54, 1.807) is 6.07 Å². The highest BCUT2D eigenvalue weighted by Crippen LogP contribution is 2.30. The second-order valence-electron chi connectivity index (χ2n) is 6.62. The number of fused-ring (bicyclic) bond motifs is 1. The fraction of sp³-hybridized carbons (Fsp3) is 0.273. The van der Waals surface area contributed by atoms with Gasteiger partial charge in [0, 0.05) is 5.56 Å². The third-order valence-electron chi connectivity index (χ3n) is 4.48. The summed E-state index contributed by atoms with van der Waals surface area (Å²) < 4.78 is 82.2. The summed E-state index contributed by atoms with van der Waals surface area (Å²) in [5.74, 6) is -0.275. The number of halogens is 6. The molecule has 1 nitrogen and oxygen atoms in total. The van der Waals surface area contributed by atoms with E-state index in [0.717, 1.165) is 18.4 Å². The maximum atomic E-state index is 14.8. The molecule has 29 heavy (non-hydrogen) atoms. The third kappa shape index (κ3) is 4.94. The average molecular weight is 410 g/mol. The van der Waals surface area contributed by atoms with Gasteiger partial charge in [-0.3, -0.25) is 0 Å². The minimum Gasteiger partial charge on any atom is -0.399 e. The Kier molecular flexibility index (Phi) is 5.92. The van der Waals surface area contributed by atoms with Gasteiger partial charge < -0.3 is 4.74 Å². The lowest BCUT2D eigenvalue weighted by atomic mass is 9.88. The number of rotatable bonds is 3. The van der Waals surface area contributed by atoms with Gasteiger partial charge in [-0.15, -0.1) is 13.2 Å². The molecule has 0 fully saturated rings. The van der Waals surface area contributed by atoms with Gasteiger partial charge in [0.1, 0.15) is 5.82 Å². The van der Waals surface area contributed by atoms with Gasteiger partial charge in [-0.2, -0.15) is 0 Å². The molecule has 2 aromatic rings. The van der Waals surface area contributed by atoms with E-state index in [4.69, 9.17) is 0 Å². The molecule has 7 heteroatoms. The first kappa shape index (κ1) is 20.8. The van der Waals surface area contributed by atoms with Gasteiger partial charge in [-0.05, 0) is 48.6 Å². The lowest BCUT2D eigenvalue weighted by molar-refractivity contribution is -0.276. The topological polar surface area (TPSA) is 9.23 Å². The highest BCUT2D eigenvalue weighted by atomic mass is 19.4. The standard InChI is InChI=1S/C22H16F6O/c1-2-3-13-5-9-17-16(10-13)8-7-15(20(17)25)6-4-14-11-18(23)21(19(24)12-14)29-22(26,27)28/h5,7-8,11-12H,2-3,9-10H2,1H3. The number of hydrogen-bond donors (Lipinski definition) is 0. The van der Waals surface area contributed by atoms with Gasteiger partial charge >= 0.3 is 6.36 Å². The molecular weight excluding hydrogens is 394 g/mol. The van der Waals surface area contributed by atoms with E-state index in [2.05, 4.69) is 23.5 Å². The van der Waals surface area contributed by atoms with Crippen molar-refractivity contribution in [2.75, 3.05) is 0 Å². The predicted molar refractivity (Wildman–Crippen MR) is 95.8 cm³/mol. The van der Waals surface area contributed by atoms with Crippen molar-refractivity contribution in [3.63, 3.8) is 0 Å². The van der Waals surface area contributed by atoms with Crippen LogP contribution in [0.5, 0.6) is 5.75 Å². The van der Waals surface area contributed by atoms with E-state index in [1.165, 1.54) is 11.6 Å². The molecule has 0 spiro atoms. The zero-order valence-corrected chi connectivity index (χ0v) is 15.4. The Labute approximate surface area is 164 Å². The molecule has 0 aliphatic heterocycles. The van der Waals surface area contributed by atoms with Crippen LogP contribution in [0.1, 0.15) is 42.0 Å². The quantitative estimate of drug-likeness (QED) is 0.331. The van der Waals surface area contributed by atoms with Crippen molar-refractivity contribution in [2.24, 2.45) is 0 Å². The summed E-state index contributed by atoms with van der Waals surface area (Å²) >= 11 is 0. The molecule has 0 radical (unpaired) electrons. The van der Waals surface area contributed by atoms with Crippen LogP contribution in [-0.4, -0.2) is 6.36 Å². The number of alkyl halides is 3. The summed E-state index contributed by atoms with van der Waals surface area (Å²) in [7, 11) is 0. The first-order chi connectivity index (χ1) is 13.7. The number of allylic oxidation sites excluding steroid dienone is 2. The van der Waals surface area contributed by atoms with Gasteiger partial charge in [0.2, 0.25) is 5.75 Å².